The molecule has 1 rings (SSSR count). The van der Waals surface area contributed by atoms with Crippen LogP contribution in [0.3, 0.4) is 0 Å². The molecule has 1 saturated heterocycles. The van der Waals surface area contributed by atoms with E-state index in [9.17, 15) is 29.7 Å². The van der Waals surface area contributed by atoms with Gasteiger partial charge in [-0.25, -0.2) is 0 Å². The number of unbranched alkanes of at least 4 members (excludes halogenated alkanes) is 1. The van der Waals surface area contributed by atoms with Gasteiger partial charge in [0, 0.05) is 0 Å². The number of ketones is 3. The molecule has 0 aromatic carbocycles. The van der Waals surface area contributed by atoms with Crippen LogP contribution in [0.2, 0.25) is 0 Å². The molecule has 0 saturated carbocycles. The van der Waals surface area contributed by atoms with Gasteiger partial charge in [-0.15, -0.1) is 6.58 Å². The lowest BCUT2D eigenvalue weighted by Crippen LogP contribution is -2.68. The number of aliphatic hydroxyl groups excluding tert-OH is 1. The first kappa shape index (κ1) is 20.6. The molecule has 8 heteroatoms. The summed E-state index contributed by atoms with van der Waals surface area (Å²) >= 11 is 0. The molecule has 1 aliphatic rings. The number of aliphatic hydroxyl groups is 3. The van der Waals surface area contributed by atoms with E-state index in [-0.39, 0.29) is 6.61 Å². The minimum Gasteiger partial charge on any atom is -0.386 e. The van der Waals surface area contributed by atoms with E-state index in [2.05, 4.69) is 6.58 Å². The highest BCUT2D eigenvalue weighted by molar-refractivity contribution is 6.04. The number of carbonyl (C=O) groups is 3. The third-order valence-corrected chi connectivity index (χ3v) is 4.13. The number of ether oxygens (including phenoxy) is 2. The monoisotopic (exact) mass is 344 g/mol. The Morgan fingerprint density at radius 3 is 2.21 bits per heavy atom. The van der Waals surface area contributed by atoms with E-state index < -0.39 is 47.0 Å². The summed E-state index contributed by atoms with van der Waals surface area (Å²) in [5, 5.41) is 31.0. The Hall–Kier alpha value is -1.45. The zero-order valence-corrected chi connectivity index (χ0v) is 14.0. The number of carbonyl (C=O) groups excluding carboxylic acids is 3. The fraction of sp³-hybridized carbons (Fsp3) is 0.688. The van der Waals surface area contributed by atoms with Crippen LogP contribution in [0.1, 0.15) is 33.6 Å². The van der Waals surface area contributed by atoms with Gasteiger partial charge in [0.05, 0.1) is 6.61 Å². The second-order valence-electron chi connectivity index (χ2n) is 5.87. The average Bonchev–Trinajstić information content (AvgIpc) is 2.74. The molecule has 136 valence electrons. The predicted octanol–water partition coefficient (Wildman–Crippen LogP) is -0.716. The van der Waals surface area contributed by atoms with Crippen LogP contribution >= 0.6 is 0 Å². The van der Waals surface area contributed by atoms with Gasteiger partial charge in [-0.1, -0.05) is 6.08 Å². The molecule has 24 heavy (non-hydrogen) atoms. The molecule has 0 radical (unpaired) electrons. The summed E-state index contributed by atoms with van der Waals surface area (Å²) in [4.78, 5) is 36.1. The quantitative estimate of drug-likeness (QED) is 0.369. The molecule has 0 aromatic rings. The first-order valence-corrected chi connectivity index (χ1v) is 7.61. The number of rotatable bonds is 9. The smallest absolute Gasteiger partial charge is 0.212 e. The van der Waals surface area contributed by atoms with Crippen molar-refractivity contribution in [2.45, 2.75) is 63.3 Å². The van der Waals surface area contributed by atoms with Crippen LogP contribution in [0.5, 0.6) is 0 Å². The van der Waals surface area contributed by atoms with Crippen LogP contribution in [-0.2, 0) is 23.9 Å². The van der Waals surface area contributed by atoms with E-state index in [4.69, 9.17) is 9.47 Å². The lowest BCUT2D eigenvalue weighted by atomic mass is 9.74. The molecule has 0 aromatic heterocycles. The van der Waals surface area contributed by atoms with Gasteiger partial charge in [-0.2, -0.15) is 0 Å². The Balaban J connectivity index is 3.27. The molecule has 0 aliphatic carbocycles. The van der Waals surface area contributed by atoms with Crippen LogP contribution in [0, 0.1) is 0 Å². The second kappa shape index (κ2) is 7.62. The third kappa shape index (κ3) is 3.20. The largest absolute Gasteiger partial charge is 0.386 e. The molecule has 8 nitrogen and oxygen atoms in total. The van der Waals surface area contributed by atoms with Crippen LogP contribution in [-0.4, -0.2) is 69.0 Å². The third-order valence-electron chi connectivity index (χ3n) is 4.13. The van der Waals surface area contributed by atoms with Crippen molar-refractivity contribution in [3.05, 3.63) is 12.7 Å². The highest BCUT2D eigenvalue weighted by atomic mass is 16.7. The molecule has 0 amide bonds. The van der Waals surface area contributed by atoms with E-state index in [0.29, 0.717) is 12.8 Å². The van der Waals surface area contributed by atoms with E-state index in [1.54, 1.807) is 6.08 Å². The zero-order valence-electron chi connectivity index (χ0n) is 14.0. The first-order valence-electron chi connectivity index (χ1n) is 7.61. The van der Waals surface area contributed by atoms with Gasteiger partial charge in [0.2, 0.25) is 5.60 Å². The van der Waals surface area contributed by atoms with Gasteiger partial charge in [0.25, 0.3) is 0 Å². The standard InChI is InChI=1S/C16H24O8/c1-5-6-7-8-23-14-16(22,11(4)19)15(21,10(3)18)13(24-14)12(20)9(2)17/h5,9,13-14,17,21-22H,1,6-8H2,2-4H3/t9?,13-,14+,15+,16+/m1/s1. The van der Waals surface area contributed by atoms with Crippen molar-refractivity contribution in [3.8, 4) is 0 Å². The molecule has 1 fully saturated rings. The molecule has 5 atom stereocenters. The molecule has 1 heterocycles. The second-order valence-corrected chi connectivity index (χ2v) is 5.87. The van der Waals surface area contributed by atoms with Gasteiger partial charge in [0.15, 0.2) is 35.3 Å². The van der Waals surface area contributed by atoms with E-state index >= 15 is 0 Å². The Bertz CT molecular complexity index is 528. The van der Waals surface area contributed by atoms with Crippen LogP contribution in [0.15, 0.2) is 12.7 Å². The van der Waals surface area contributed by atoms with Crippen molar-refractivity contribution in [3.63, 3.8) is 0 Å². The lowest BCUT2D eigenvalue weighted by Gasteiger charge is -2.36. The van der Waals surface area contributed by atoms with Gasteiger partial charge in [-0.3, -0.25) is 14.4 Å². The predicted molar refractivity (Wildman–Crippen MR) is 82.0 cm³/mol. The fourth-order valence-electron chi connectivity index (χ4n) is 2.66. The molecule has 1 unspecified atom stereocenters. The Kier molecular flexibility index (Phi) is 6.54. The summed E-state index contributed by atoms with van der Waals surface area (Å²) in [5.41, 5.74) is -5.61. The summed E-state index contributed by atoms with van der Waals surface area (Å²) in [6, 6.07) is 0. The maximum absolute atomic E-state index is 12.1. The number of Topliss-reactive ketones (excluding diaryl/α,β-unsaturated/α-hetero) is 3. The van der Waals surface area contributed by atoms with Crippen molar-refractivity contribution >= 4 is 17.3 Å². The van der Waals surface area contributed by atoms with E-state index in [1.165, 1.54) is 0 Å². The number of hydrogen-bond acceptors (Lipinski definition) is 8. The topological polar surface area (TPSA) is 130 Å². The molecule has 3 N–H and O–H groups in total. The van der Waals surface area contributed by atoms with Crippen LogP contribution < -0.4 is 0 Å². The summed E-state index contributed by atoms with van der Waals surface area (Å²) in [6.45, 7) is 6.57. The normalized spacial score (nSPS) is 33.9. The zero-order chi connectivity index (χ0) is 18.7. The van der Waals surface area contributed by atoms with Gasteiger partial charge >= 0.3 is 0 Å². The van der Waals surface area contributed by atoms with Gasteiger partial charge < -0.3 is 24.8 Å². The minimum absolute atomic E-state index is 0.0376. The molecule has 0 spiro atoms. The maximum Gasteiger partial charge on any atom is 0.212 e. The molecule has 1 aliphatic heterocycles. The Labute approximate surface area is 140 Å². The molecule has 0 bridgehead atoms. The van der Waals surface area contributed by atoms with Gasteiger partial charge in [0.1, 0.15) is 6.10 Å². The summed E-state index contributed by atoms with van der Waals surface area (Å²) in [6.07, 6.45) is -2.49. The van der Waals surface area contributed by atoms with Crippen LogP contribution in [0.25, 0.3) is 0 Å². The van der Waals surface area contributed by atoms with Crippen molar-refractivity contribution in [2.24, 2.45) is 0 Å². The number of allylic oxidation sites excluding steroid dienone is 1. The van der Waals surface area contributed by atoms with E-state index in [1.807, 2.05) is 0 Å². The molecular weight excluding hydrogens is 320 g/mol. The average molecular weight is 344 g/mol. The van der Waals surface area contributed by atoms with Crippen LogP contribution in [0.4, 0.5) is 0 Å². The van der Waals surface area contributed by atoms with E-state index in [0.717, 1.165) is 20.8 Å². The lowest BCUT2D eigenvalue weighted by molar-refractivity contribution is -0.213. The van der Waals surface area contributed by atoms with Crippen molar-refractivity contribution in [1.82, 2.24) is 0 Å². The van der Waals surface area contributed by atoms with Crippen molar-refractivity contribution < 1.29 is 39.2 Å². The summed E-state index contributed by atoms with van der Waals surface area (Å²) in [7, 11) is 0. The highest BCUT2D eigenvalue weighted by Crippen LogP contribution is 2.43. The SMILES string of the molecule is C=CCCCO[C@H]1O[C@H](C(=O)C(C)O)[C@@](O)(C(C)=O)[C@]1(O)C(C)=O. The van der Waals surface area contributed by atoms with Crippen molar-refractivity contribution in [1.29, 1.82) is 0 Å². The Morgan fingerprint density at radius 1 is 1.25 bits per heavy atom. The van der Waals surface area contributed by atoms with Crippen molar-refractivity contribution in [2.75, 3.05) is 6.61 Å². The minimum atomic E-state index is -2.85. The summed E-state index contributed by atoms with van der Waals surface area (Å²) < 4.78 is 10.5. The summed E-state index contributed by atoms with van der Waals surface area (Å²) in [5.74, 6) is -3.07. The Morgan fingerprint density at radius 2 is 1.79 bits per heavy atom. The van der Waals surface area contributed by atoms with Gasteiger partial charge in [-0.05, 0) is 33.6 Å². The highest BCUT2D eigenvalue weighted by Gasteiger charge is 2.73. The molecular formula is C16H24O8. The fourth-order valence-corrected chi connectivity index (χ4v) is 2.66. The maximum atomic E-state index is 12.1. The first-order chi connectivity index (χ1) is 11.0. The number of hydrogen-bond donors (Lipinski definition) is 3.